The maximum atomic E-state index is 11.8. The van der Waals surface area contributed by atoms with E-state index in [9.17, 15) is 9.59 Å². The van der Waals surface area contributed by atoms with E-state index >= 15 is 0 Å². The van der Waals surface area contributed by atoms with Crippen LogP contribution >= 0.6 is 0 Å². The minimum atomic E-state index is -0.308. The third-order valence-corrected chi connectivity index (χ3v) is 3.46. The van der Waals surface area contributed by atoms with Crippen molar-refractivity contribution >= 4 is 17.6 Å². The van der Waals surface area contributed by atoms with Gasteiger partial charge in [0.1, 0.15) is 5.76 Å². The molecule has 7 heteroatoms. The second kappa shape index (κ2) is 6.51. The molecule has 0 bridgehead atoms. The zero-order chi connectivity index (χ0) is 14.5. The first-order chi connectivity index (χ1) is 9.56. The molecular weight excluding hydrogens is 260 g/mol. The van der Waals surface area contributed by atoms with Crippen LogP contribution < -0.4 is 11.1 Å². The summed E-state index contributed by atoms with van der Waals surface area (Å²) in [5.74, 6) is 0.604. The summed E-state index contributed by atoms with van der Waals surface area (Å²) in [7, 11) is 0. The fourth-order valence-corrected chi connectivity index (χ4v) is 2.46. The van der Waals surface area contributed by atoms with E-state index in [1.807, 2.05) is 4.90 Å². The lowest BCUT2D eigenvalue weighted by molar-refractivity contribution is -0.125. The van der Waals surface area contributed by atoms with E-state index in [1.165, 1.54) is 0 Å². The molecule has 0 aromatic carbocycles. The minimum Gasteiger partial charge on any atom is -0.368 e. The summed E-state index contributed by atoms with van der Waals surface area (Å²) in [4.78, 5) is 25.2. The Bertz CT molecular complexity index is 486. The van der Waals surface area contributed by atoms with Crippen molar-refractivity contribution in [3.8, 4) is 0 Å². The summed E-state index contributed by atoms with van der Waals surface area (Å²) in [6, 6.07) is 1.41. The second-order valence-corrected chi connectivity index (χ2v) is 5.07. The van der Waals surface area contributed by atoms with Gasteiger partial charge in [0.2, 0.25) is 11.8 Å². The van der Waals surface area contributed by atoms with Crippen molar-refractivity contribution in [2.45, 2.75) is 38.6 Å². The van der Waals surface area contributed by atoms with E-state index in [0.717, 1.165) is 25.8 Å². The van der Waals surface area contributed by atoms with Crippen LogP contribution in [-0.4, -0.2) is 41.0 Å². The first kappa shape index (κ1) is 14.5. The Kier molecular flexibility index (Phi) is 4.73. The number of carbonyl (C=O) groups is 2. The number of carbonyl (C=O) groups excluding carboxylic acids is 2. The van der Waals surface area contributed by atoms with Crippen molar-refractivity contribution in [2.24, 2.45) is 5.73 Å². The number of rotatable bonds is 5. The van der Waals surface area contributed by atoms with Gasteiger partial charge in [-0.15, -0.1) is 0 Å². The molecule has 1 aliphatic heterocycles. The zero-order valence-electron chi connectivity index (χ0n) is 11.6. The van der Waals surface area contributed by atoms with Crippen LogP contribution in [0.1, 0.15) is 31.4 Å². The lowest BCUT2D eigenvalue weighted by atomic mass is 10.0. The van der Waals surface area contributed by atoms with Crippen molar-refractivity contribution in [3.05, 3.63) is 11.8 Å². The predicted molar refractivity (Wildman–Crippen MR) is 72.9 cm³/mol. The van der Waals surface area contributed by atoms with Gasteiger partial charge < -0.3 is 15.6 Å². The predicted octanol–water partition coefficient (Wildman–Crippen LogP) is 0.651. The molecule has 1 saturated heterocycles. The summed E-state index contributed by atoms with van der Waals surface area (Å²) in [5.41, 5.74) is 5.39. The van der Waals surface area contributed by atoms with Crippen LogP contribution in [0.25, 0.3) is 0 Å². The number of nitrogens with two attached hydrogens (primary N) is 1. The Hall–Kier alpha value is -1.89. The molecule has 20 heavy (non-hydrogen) atoms. The lowest BCUT2D eigenvalue weighted by Gasteiger charge is -2.33. The maximum absolute atomic E-state index is 11.8. The molecule has 3 N–H and O–H groups in total. The normalized spacial score (nSPS) is 19.8. The summed E-state index contributed by atoms with van der Waals surface area (Å²) >= 11 is 0. The Morgan fingerprint density at radius 3 is 3.00 bits per heavy atom. The molecule has 0 aliphatic carbocycles. The highest BCUT2D eigenvalue weighted by Crippen LogP contribution is 2.17. The Balaban J connectivity index is 1.81. The monoisotopic (exact) mass is 280 g/mol. The first-order valence-electron chi connectivity index (χ1n) is 6.83. The fourth-order valence-electron chi connectivity index (χ4n) is 2.46. The van der Waals surface area contributed by atoms with Gasteiger partial charge in [-0.2, -0.15) is 0 Å². The fraction of sp³-hybridized carbons (Fsp3) is 0.615. The highest BCUT2D eigenvalue weighted by atomic mass is 16.5. The molecule has 1 aromatic heterocycles. The van der Waals surface area contributed by atoms with Gasteiger partial charge in [0.05, 0.1) is 6.04 Å². The average Bonchev–Trinajstić information content (AvgIpc) is 2.82. The van der Waals surface area contributed by atoms with Crippen LogP contribution in [0.15, 0.2) is 10.6 Å². The number of anilines is 1. The van der Waals surface area contributed by atoms with E-state index in [0.29, 0.717) is 24.5 Å². The van der Waals surface area contributed by atoms with E-state index < -0.39 is 0 Å². The van der Waals surface area contributed by atoms with E-state index in [1.54, 1.807) is 13.0 Å². The van der Waals surface area contributed by atoms with Gasteiger partial charge in [0, 0.05) is 19.0 Å². The van der Waals surface area contributed by atoms with Gasteiger partial charge in [0.25, 0.3) is 0 Å². The Morgan fingerprint density at radius 1 is 1.55 bits per heavy atom. The van der Waals surface area contributed by atoms with Crippen LogP contribution in [0.5, 0.6) is 0 Å². The van der Waals surface area contributed by atoms with Crippen LogP contribution in [0.4, 0.5) is 5.82 Å². The van der Waals surface area contributed by atoms with Gasteiger partial charge >= 0.3 is 0 Å². The van der Waals surface area contributed by atoms with Crippen LogP contribution in [0.3, 0.4) is 0 Å². The first-order valence-corrected chi connectivity index (χ1v) is 6.83. The van der Waals surface area contributed by atoms with Crippen molar-refractivity contribution in [1.82, 2.24) is 10.1 Å². The van der Waals surface area contributed by atoms with Gasteiger partial charge in [-0.3, -0.25) is 14.5 Å². The van der Waals surface area contributed by atoms with Crippen LogP contribution in [0, 0.1) is 6.92 Å². The van der Waals surface area contributed by atoms with Gasteiger partial charge in [0.15, 0.2) is 5.82 Å². The quantitative estimate of drug-likeness (QED) is 0.824. The van der Waals surface area contributed by atoms with Crippen LogP contribution in [-0.2, 0) is 9.59 Å². The number of amides is 2. The van der Waals surface area contributed by atoms with Crippen molar-refractivity contribution in [2.75, 3.05) is 18.4 Å². The van der Waals surface area contributed by atoms with E-state index in [2.05, 4.69) is 10.5 Å². The minimum absolute atomic E-state index is 0.146. The standard InChI is InChI=1S/C13H20N4O3/c1-9-8-11(16-20-9)15-12(18)5-7-17-6-3-2-4-10(17)13(14)19/h8,10H,2-7H2,1H3,(H2,14,19)(H,15,16,18)/t10-/m0/s1. The maximum Gasteiger partial charge on any atom is 0.234 e. The smallest absolute Gasteiger partial charge is 0.234 e. The number of aryl methyl sites for hydroxylation is 1. The van der Waals surface area contributed by atoms with Crippen molar-refractivity contribution in [1.29, 1.82) is 0 Å². The molecule has 1 fully saturated rings. The molecule has 110 valence electrons. The molecule has 1 aromatic rings. The van der Waals surface area contributed by atoms with E-state index in [4.69, 9.17) is 10.3 Å². The van der Waals surface area contributed by atoms with Gasteiger partial charge in [-0.1, -0.05) is 11.6 Å². The largest absolute Gasteiger partial charge is 0.368 e. The van der Waals surface area contributed by atoms with Crippen LogP contribution in [0.2, 0.25) is 0 Å². The number of piperidine rings is 1. The number of hydrogen-bond donors (Lipinski definition) is 2. The Morgan fingerprint density at radius 2 is 2.35 bits per heavy atom. The third-order valence-electron chi connectivity index (χ3n) is 3.46. The number of likely N-dealkylation sites (tertiary alicyclic amines) is 1. The molecule has 0 unspecified atom stereocenters. The molecule has 2 amide bonds. The Labute approximate surface area is 117 Å². The summed E-state index contributed by atoms with van der Waals surface area (Å²) in [6.07, 6.45) is 3.12. The molecule has 2 rings (SSSR count). The van der Waals surface area contributed by atoms with Crippen molar-refractivity contribution in [3.63, 3.8) is 0 Å². The van der Waals surface area contributed by atoms with Crippen molar-refractivity contribution < 1.29 is 14.1 Å². The van der Waals surface area contributed by atoms with Gasteiger partial charge in [-0.05, 0) is 26.3 Å². The number of hydrogen-bond acceptors (Lipinski definition) is 5. The number of primary amides is 1. The summed E-state index contributed by atoms with van der Waals surface area (Å²) < 4.78 is 4.87. The third kappa shape index (κ3) is 3.80. The molecule has 0 saturated carbocycles. The number of nitrogens with zero attached hydrogens (tertiary/aromatic N) is 2. The van der Waals surface area contributed by atoms with Gasteiger partial charge in [-0.25, -0.2) is 0 Å². The molecule has 1 atom stereocenters. The molecule has 7 nitrogen and oxygen atoms in total. The number of nitrogens with one attached hydrogen (secondary N) is 1. The highest BCUT2D eigenvalue weighted by molar-refractivity contribution is 5.89. The summed E-state index contributed by atoms with van der Waals surface area (Å²) in [5, 5.41) is 6.36. The topological polar surface area (TPSA) is 101 Å². The molecule has 0 radical (unpaired) electrons. The molecule has 2 heterocycles. The number of aromatic nitrogens is 1. The highest BCUT2D eigenvalue weighted by Gasteiger charge is 2.26. The SMILES string of the molecule is Cc1cc(NC(=O)CCN2CCCC[C@H]2C(N)=O)no1. The second-order valence-electron chi connectivity index (χ2n) is 5.07. The molecule has 0 spiro atoms. The lowest BCUT2D eigenvalue weighted by Crippen LogP contribution is -2.48. The molecular formula is C13H20N4O3. The van der Waals surface area contributed by atoms with E-state index in [-0.39, 0.29) is 17.9 Å². The molecule has 1 aliphatic rings. The summed E-state index contributed by atoms with van der Waals surface area (Å²) in [6.45, 7) is 3.09. The average molecular weight is 280 g/mol. The zero-order valence-corrected chi connectivity index (χ0v) is 11.6.